The van der Waals surface area contributed by atoms with Gasteiger partial charge in [-0.3, -0.25) is 9.59 Å². The van der Waals surface area contributed by atoms with E-state index in [0.29, 0.717) is 17.8 Å². The number of likely N-dealkylation sites (tertiary alicyclic amines) is 1. The van der Waals surface area contributed by atoms with E-state index in [2.05, 4.69) is 17.2 Å². The number of nitrogens with zero attached hydrogens (tertiary/aromatic N) is 2. The van der Waals surface area contributed by atoms with Crippen LogP contribution in [-0.2, 0) is 11.2 Å². The summed E-state index contributed by atoms with van der Waals surface area (Å²) in [5.74, 6) is 0.0293. The quantitative estimate of drug-likeness (QED) is 0.875. The standard InChI is InChI=1S/C16H25N3O2S/c1-2-7-14-18-12-13(22-14)16(21)17-9-8-15(20)19-10-5-3-4-6-11-19/h12H,2-11H2,1H3,(H,17,21). The fraction of sp³-hybridized carbons (Fsp3) is 0.688. The second-order valence-electron chi connectivity index (χ2n) is 5.67. The third-order valence-electron chi connectivity index (χ3n) is 3.82. The Hall–Kier alpha value is -1.43. The summed E-state index contributed by atoms with van der Waals surface area (Å²) in [6, 6.07) is 0. The Balaban J connectivity index is 1.72. The van der Waals surface area contributed by atoms with Crippen LogP contribution in [0.15, 0.2) is 6.20 Å². The number of nitrogens with one attached hydrogen (secondary N) is 1. The molecular formula is C16H25N3O2S. The van der Waals surface area contributed by atoms with E-state index in [1.54, 1.807) is 6.20 Å². The summed E-state index contributed by atoms with van der Waals surface area (Å²) < 4.78 is 0. The molecule has 5 nitrogen and oxygen atoms in total. The molecule has 1 aromatic rings. The van der Waals surface area contributed by atoms with Gasteiger partial charge in [-0.15, -0.1) is 11.3 Å². The zero-order chi connectivity index (χ0) is 15.8. The SMILES string of the molecule is CCCc1ncc(C(=O)NCCC(=O)N2CCCCCC2)s1. The summed E-state index contributed by atoms with van der Waals surface area (Å²) >= 11 is 1.44. The molecule has 0 bridgehead atoms. The average Bonchev–Trinajstić information content (AvgIpc) is 2.81. The molecule has 0 unspecified atom stereocenters. The van der Waals surface area contributed by atoms with Crippen LogP contribution in [0.1, 0.15) is 60.1 Å². The smallest absolute Gasteiger partial charge is 0.263 e. The van der Waals surface area contributed by atoms with Crippen LogP contribution in [0.25, 0.3) is 0 Å². The molecule has 122 valence electrons. The lowest BCUT2D eigenvalue weighted by molar-refractivity contribution is -0.131. The monoisotopic (exact) mass is 323 g/mol. The summed E-state index contributed by atoms with van der Waals surface area (Å²) in [7, 11) is 0. The number of aryl methyl sites for hydroxylation is 1. The number of hydrogen-bond acceptors (Lipinski definition) is 4. The summed E-state index contributed by atoms with van der Waals surface area (Å²) in [6.45, 7) is 4.22. The van der Waals surface area contributed by atoms with Gasteiger partial charge in [0.2, 0.25) is 5.91 Å². The lowest BCUT2D eigenvalue weighted by Gasteiger charge is -2.20. The van der Waals surface area contributed by atoms with E-state index in [9.17, 15) is 9.59 Å². The maximum absolute atomic E-state index is 12.1. The number of rotatable bonds is 6. The van der Waals surface area contributed by atoms with Crippen molar-refractivity contribution in [1.82, 2.24) is 15.2 Å². The first-order valence-corrected chi connectivity index (χ1v) is 9.03. The molecule has 1 aliphatic heterocycles. The third-order valence-corrected chi connectivity index (χ3v) is 4.88. The number of aromatic nitrogens is 1. The van der Waals surface area contributed by atoms with Crippen molar-refractivity contribution in [3.05, 3.63) is 16.1 Å². The molecule has 1 saturated heterocycles. The Bertz CT molecular complexity index is 493. The van der Waals surface area contributed by atoms with Crippen molar-refractivity contribution in [3.63, 3.8) is 0 Å². The number of thiazole rings is 1. The lowest BCUT2D eigenvalue weighted by atomic mass is 10.2. The van der Waals surface area contributed by atoms with Gasteiger partial charge in [-0.2, -0.15) is 0 Å². The van der Waals surface area contributed by atoms with Gasteiger partial charge in [0.1, 0.15) is 4.88 Å². The van der Waals surface area contributed by atoms with Crippen LogP contribution in [0.3, 0.4) is 0 Å². The van der Waals surface area contributed by atoms with E-state index in [-0.39, 0.29) is 11.8 Å². The molecular weight excluding hydrogens is 298 g/mol. The van der Waals surface area contributed by atoms with Crippen molar-refractivity contribution in [2.24, 2.45) is 0 Å². The fourth-order valence-corrected chi connectivity index (χ4v) is 3.53. The highest BCUT2D eigenvalue weighted by Gasteiger charge is 2.16. The Morgan fingerprint density at radius 2 is 2.00 bits per heavy atom. The van der Waals surface area contributed by atoms with Crippen LogP contribution in [0, 0.1) is 0 Å². The number of amides is 2. The van der Waals surface area contributed by atoms with Crippen LogP contribution >= 0.6 is 11.3 Å². The van der Waals surface area contributed by atoms with Gasteiger partial charge in [0.15, 0.2) is 0 Å². The first-order chi connectivity index (χ1) is 10.7. The van der Waals surface area contributed by atoms with Crippen molar-refractivity contribution in [1.29, 1.82) is 0 Å². The molecule has 0 aromatic carbocycles. The minimum atomic E-state index is -0.122. The molecule has 0 aliphatic carbocycles. The van der Waals surface area contributed by atoms with Crippen LogP contribution < -0.4 is 5.32 Å². The van der Waals surface area contributed by atoms with Crippen molar-refractivity contribution in [2.75, 3.05) is 19.6 Å². The fourth-order valence-electron chi connectivity index (χ4n) is 2.59. The maximum Gasteiger partial charge on any atom is 0.263 e. The maximum atomic E-state index is 12.1. The Morgan fingerprint density at radius 1 is 1.27 bits per heavy atom. The predicted molar refractivity (Wildman–Crippen MR) is 88.1 cm³/mol. The van der Waals surface area contributed by atoms with E-state index >= 15 is 0 Å². The molecule has 22 heavy (non-hydrogen) atoms. The van der Waals surface area contributed by atoms with Gasteiger partial charge < -0.3 is 10.2 Å². The molecule has 0 spiro atoms. The molecule has 2 rings (SSSR count). The van der Waals surface area contributed by atoms with Gasteiger partial charge in [-0.25, -0.2) is 4.98 Å². The van der Waals surface area contributed by atoms with Gasteiger partial charge in [-0.05, 0) is 25.7 Å². The third kappa shape index (κ3) is 5.09. The summed E-state index contributed by atoms with van der Waals surface area (Å²) in [5, 5.41) is 3.82. The average molecular weight is 323 g/mol. The number of carbonyl (C=O) groups excluding carboxylic acids is 2. The highest BCUT2D eigenvalue weighted by molar-refractivity contribution is 7.13. The molecule has 1 N–H and O–H groups in total. The van der Waals surface area contributed by atoms with Gasteiger partial charge in [0.05, 0.1) is 11.2 Å². The number of carbonyl (C=O) groups is 2. The molecule has 1 aromatic heterocycles. The van der Waals surface area contributed by atoms with Gasteiger partial charge in [-0.1, -0.05) is 19.8 Å². The lowest BCUT2D eigenvalue weighted by Crippen LogP contribution is -2.35. The highest BCUT2D eigenvalue weighted by Crippen LogP contribution is 2.14. The van der Waals surface area contributed by atoms with Gasteiger partial charge >= 0.3 is 0 Å². The first kappa shape index (κ1) is 16.9. The van der Waals surface area contributed by atoms with E-state index in [4.69, 9.17) is 0 Å². The van der Waals surface area contributed by atoms with Crippen molar-refractivity contribution >= 4 is 23.2 Å². The summed E-state index contributed by atoms with van der Waals surface area (Å²) in [6.07, 6.45) is 8.56. The Kier molecular flexibility index (Phi) is 6.83. The molecule has 6 heteroatoms. The van der Waals surface area contributed by atoms with Crippen LogP contribution in [0.4, 0.5) is 0 Å². The zero-order valence-corrected chi connectivity index (χ0v) is 14.1. The van der Waals surface area contributed by atoms with Gasteiger partial charge in [0, 0.05) is 26.1 Å². The predicted octanol–water partition coefficient (Wildman–Crippen LogP) is 2.62. The van der Waals surface area contributed by atoms with Crippen molar-refractivity contribution in [2.45, 2.75) is 51.9 Å². The van der Waals surface area contributed by atoms with Crippen molar-refractivity contribution < 1.29 is 9.59 Å². The molecule has 0 saturated carbocycles. The highest BCUT2D eigenvalue weighted by atomic mass is 32.1. The normalized spacial score (nSPS) is 15.4. The Morgan fingerprint density at radius 3 is 2.68 bits per heavy atom. The van der Waals surface area contributed by atoms with E-state index in [1.165, 1.54) is 24.2 Å². The van der Waals surface area contributed by atoms with E-state index in [0.717, 1.165) is 43.8 Å². The topological polar surface area (TPSA) is 62.3 Å². The van der Waals surface area contributed by atoms with E-state index < -0.39 is 0 Å². The second kappa shape index (κ2) is 8.88. The van der Waals surface area contributed by atoms with Crippen molar-refractivity contribution in [3.8, 4) is 0 Å². The number of hydrogen-bond donors (Lipinski definition) is 1. The van der Waals surface area contributed by atoms with E-state index in [1.807, 2.05) is 4.90 Å². The zero-order valence-electron chi connectivity index (χ0n) is 13.3. The molecule has 0 atom stereocenters. The first-order valence-electron chi connectivity index (χ1n) is 8.21. The second-order valence-corrected chi connectivity index (χ2v) is 6.78. The van der Waals surface area contributed by atoms with Gasteiger partial charge in [0.25, 0.3) is 5.91 Å². The molecule has 0 radical (unpaired) electrons. The largest absolute Gasteiger partial charge is 0.351 e. The molecule has 1 aliphatic rings. The molecule has 1 fully saturated rings. The van der Waals surface area contributed by atoms with Crippen LogP contribution in [0.2, 0.25) is 0 Å². The van der Waals surface area contributed by atoms with Crippen LogP contribution in [0.5, 0.6) is 0 Å². The molecule has 2 amide bonds. The Labute approximate surface area is 136 Å². The minimum Gasteiger partial charge on any atom is -0.351 e. The van der Waals surface area contributed by atoms with Crippen LogP contribution in [-0.4, -0.2) is 41.3 Å². The molecule has 2 heterocycles. The minimum absolute atomic E-state index is 0.122. The summed E-state index contributed by atoms with van der Waals surface area (Å²) in [4.78, 5) is 30.9. The summed E-state index contributed by atoms with van der Waals surface area (Å²) in [5.41, 5.74) is 0.